The monoisotopic (exact) mass is 685 g/mol. The van der Waals surface area contributed by atoms with Crippen molar-refractivity contribution in [1.29, 1.82) is 0 Å². The summed E-state index contributed by atoms with van der Waals surface area (Å²) in [5, 5.41) is 13.6. The Morgan fingerprint density at radius 1 is 0.723 bits per heavy atom. The number of quaternary nitrogens is 1. The van der Waals surface area contributed by atoms with Gasteiger partial charge in [-0.05, 0) is 44.9 Å². The van der Waals surface area contributed by atoms with Crippen LogP contribution in [0.1, 0.15) is 149 Å². The molecule has 0 aromatic heterocycles. The van der Waals surface area contributed by atoms with Crippen molar-refractivity contribution in [3.63, 3.8) is 0 Å². The summed E-state index contributed by atoms with van der Waals surface area (Å²) in [6.07, 6.45) is 35.2. The lowest BCUT2D eigenvalue weighted by Crippen LogP contribution is -2.45. The lowest BCUT2D eigenvalue weighted by atomic mass is 10.1. The molecular formula is C38H73N2O6P. The van der Waals surface area contributed by atoms with Gasteiger partial charge in [-0.1, -0.05) is 134 Å². The highest BCUT2D eigenvalue weighted by Gasteiger charge is 2.23. The average molecular weight is 685 g/mol. The Kier molecular flexibility index (Phi) is 29.9. The first-order valence-electron chi connectivity index (χ1n) is 18.9. The minimum Gasteiger partial charge on any atom is -0.756 e. The number of hydrogen-bond donors (Lipinski definition) is 2. The van der Waals surface area contributed by atoms with Crippen LogP contribution in [-0.4, -0.2) is 68.5 Å². The zero-order chi connectivity index (χ0) is 35.1. The molecule has 0 aliphatic rings. The molecule has 0 radical (unpaired) electrons. The van der Waals surface area contributed by atoms with Crippen molar-refractivity contribution in [3.05, 3.63) is 36.5 Å². The zero-order valence-electron chi connectivity index (χ0n) is 31.0. The Labute approximate surface area is 289 Å². The van der Waals surface area contributed by atoms with Gasteiger partial charge in [0.15, 0.2) is 0 Å². The number of phosphoric ester groups is 1. The Balaban J connectivity index is 4.41. The third-order valence-corrected chi connectivity index (χ3v) is 9.04. The molecule has 3 atom stereocenters. The second-order valence-corrected chi connectivity index (χ2v) is 15.3. The maximum Gasteiger partial charge on any atom is 0.268 e. The number of rotatable bonds is 33. The van der Waals surface area contributed by atoms with E-state index in [1.165, 1.54) is 70.6 Å². The highest BCUT2D eigenvalue weighted by molar-refractivity contribution is 7.45. The number of allylic oxidation sites excluding steroid dienone is 5. The van der Waals surface area contributed by atoms with E-state index in [9.17, 15) is 19.4 Å². The molecule has 9 heteroatoms. The van der Waals surface area contributed by atoms with Crippen molar-refractivity contribution in [1.82, 2.24) is 5.32 Å². The second kappa shape index (κ2) is 30.8. The molecule has 0 aliphatic carbocycles. The maximum atomic E-state index is 12.6. The summed E-state index contributed by atoms with van der Waals surface area (Å²) < 4.78 is 22.9. The van der Waals surface area contributed by atoms with Crippen LogP contribution in [0.3, 0.4) is 0 Å². The van der Waals surface area contributed by atoms with Gasteiger partial charge in [0, 0.05) is 6.42 Å². The summed E-state index contributed by atoms with van der Waals surface area (Å²) in [5.41, 5.74) is 0. The second-order valence-electron chi connectivity index (χ2n) is 13.9. The fourth-order valence-electron chi connectivity index (χ4n) is 5.00. The summed E-state index contributed by atoms with van der Waals surface area (Å²) in [4.78, 5) is 24.9. The fourth-order valence-corrected chi connectivity index (χ4v) is 5.73. The van der Waals surface area contributed by atoms with Crippen LogP contribution in [0.2, 0.25) is 0 Å². The summed E-state index contributed by atoms with van der Waals surface area (Å²) in [6.45, 7) is 4.49. The van der Waals surface area contributed by atoms with Crippen LogP contribution >= 0.6 is 7.82 Å². The minimum absolute atomic E-state index is 0.00920. The first-order valence-corrected chi connectivity index (χ1v) is 20.3. The lowest BCUT2D eigenvalue weighted by molar-refractivity contribution is -0.870. The number of unbranched alkanes of at least 4 members (excludes halogenated alkanes) is 16. The van der Waals surface area contributed by atoms with Crippen LogP contribution in [0, 0.1) is 0 Å². The zero-order valence-corrected chi connectivity index (χ0v) is 31.9. The summed E-state index contributed by atoms with van der Waals surface area (Å²) in [7, 11) is 1.23. The van der Waals surface area contributed by atoms with Gasteiger partial charge < -0.3 is 28.8 Å². The first-order chi connectivity index (χ1) is 22.5. The largest absolute Gasteiger partial charge is 0.756 e. The number of carbonyl (C=O) groups excluding carboxylic acids is 1. The summed E-state index contributed by atoms with van der Waals surface area (Å²) >= 11 is 0. The van der Waals surface area contributed by atoms with Crippen molar-refractivity contribution >= 4 is 13.7 Å². The van der Waals surface area contributed by atoms with Crippen LogP contribution in [0.25, 0.3) is 0 Å². The van der Waals surface area contributed by atoms with Crippen molar-refractivity contribution in [3.8, 4) is 0 Å². The number of nitrogens with one attached hydrogen (secondary N) is 1. The maximum absolute atomic E-state index is 12.6. The van der Waals surface area contributed by atoms with E-state index in [2.05, 4.69) is 43.5 Å². The molecule has 1 amide bonds. The first kappa shape index (κ1) is 45.7. The SMILES string of the molecule is CCCCCCCCCCCC/C=C/CC/C=C/CC/C=C/C(O)C(COP(=O)([O-])OCC[N+](C)(C)C)NC(=O)CCCCCCC. The van der Waals surface area contributed by atoms with Crippen molar-refractivity contribution in [2.75, 3.05) is 40.9 Å². The summed E-state index contributed by atoms with van der Waals surface area (Å²) in [5.74, 6) is -0.227. The highest BCUT2D eigenvalue weighted by atomic mass is 31.2. The number of nitrogens with zero attached hydrogens (tertiary/aromatic N) is 1. The molecule has 0 bridgehead atoms. The van der Waals surface area contributed by atoms with Crippen LogP contribution in [0.15, 0.2) is 36.5 Å². The molecule has 2 N–H and O–H groups in total. The molecule has 276 valence electrons. The lowest BCUT2D eigenvalue weighted by Gasteiger charge is -2.29. The van der Waals surface area contributed by atoms with E-state index in [-0.39, 0.29) is 12.5 Å². The van der Waals surface area contributed by atoms with Crippen molar-refractivity contribution in [2.45, 2.75) is 161 Å². The number of aliphatic hydroxyl groups excluding tert-OH is 1. The molecule has 8 nitrogen and oxygen atoms in total. The Bertz CT molecular complexity index is 871. The van der Waals surface area contributed by atoms with E-state index < -0.39 is 26.6 Å². The van der Waals surface area contributed by atoms with Gasteiger partial charge in [-0.15, -0.1) is 0 Å². The van der Waals surface area contributed by atoms with Crippen LogP contribution in [0.5, 0.6) is 0 Å². The number of phosphoric acid groups is 1. The van der Waals surface area contributed by atoms with E-state index in [4.69, 9.17) is 9.05 Å². The quantitative estimate of drug-likeness (QED) is 0.0309. The molecule has 0 saturated heterocycles. The van der Waals surface area contributed by atoms with Gasteiger partial charge in [0.1, 0.15) is 13.2 Å². The van der Waals surface area contributed by atoms with E-state index in [1.54, 1.807) is 6.08 Å². The molecule has 0 aliphatic heterocycles. The van der Waals surface area contributed by atoms with Gasteiger partial charge in [0.25, 0.3) is 7.82 Å². The van der Waals surface area contributed by atoms with Crippen molar-refractivity contribution in [2.24, 2.45) is 0 Å². The number of amides is 1. The van der Waals surface area contributed by atoms with E-state index in [0.29, 0.717) is 17.4 Å². The van der Waals surface area contributed by atoms with Gasteiger partial charge >= 0.3 is 0 Å². The molecule has 0 fully saturated rings. The van der Waals surface area contributed by atoms with Gasteiger partial charge in [0.2, 0.25) is 5.91 Å². The molecule has 47 heavy (non-hydrogen) atoms. The van der Waals surface area contributed by atoms with E-state index in [0.717, 1.165) is 57.8 Å². The molecule has 0 heterocycles. The average Bonchev–Trinajstić information content (AvgIpc) is 3.01. The van der Waals surface area contributed by atoms with Gasteiger partial charge in [-0.3, -0.25) is 9.36 Å². The molecule has 0 spiro atoms. The van der Waals surface area contributed by atoms with Gasteiger partial charge in [-0.25, -0.2) is 0 Å². The highest BCUT2D eigenvalue weighted by Crippen LogP contribution is 2.38. The van der Waals surface area contributed by atoms with Crippen LogP contribution in [0.4, 0.5) is 0 Å². The molecule has 3 unspecified atom stereocenters. The van der Waals surface area contributed by atoms with Gasteiger partial charge in [-0.2, -0.15) is 0 Å². The molecule has 0 rings (SSSR count). The predicted octanol–water partition coefficient (Wildman–Crippen LogP) is 8.94. The third kappa shape index (κ3) is 33.0. The topological polar surface area (TPSA) is 108 Å². The fraction of sp³-hybridized carbons (Fsp3) is 0.816. The standard InChI is InChI=1S/C38H73N2O6P/c1-6-8-10-12-13-14-15-16-17-18-19-20-21-22-23-24-25-26-28-29-31-37(41)36(39-38(42)32-30-27-11-9-7-2)35-46-47(43,44)45-34-33-40(3,4)5/h20-21,24-25,29,31,36-37,41H,6-19,22-23,26-28,30,32-35H2,1-5H3,(H-,39,42,43,44)/b21-20+,25-24+,31-29+. The van der Waals surface area contributed by atoms with Crippen LogP contribution in [-0.2, 0) is 18.4 Å². The smallest absolute Gasteiger partial charge is 0.268 e. The number of aliphatic hydroxyl groups is 1. The Morgan fingerprint density at radius 3 is 1.72 bits per heavy atom. The van der Waals surface area contributed by atoms with E-state index >= 15 is 0 Å². The third-order valence-electron chi connectivity index (χ3n) is 8.08. The number of carbonyl (C=O) groups is 1. The minimum atomic E-state index is -4.58. The number of likely N-dealkylation sites (N-methyl/N-ethyl adjacent to an activating group) is 1. The Morgan fingerprint density at radius 2 is 1.19 bits per heavy atom. The van der Waals surface area contributed by atoms with E-state index in [1.807, 2.05) is 27.2 Å². The molecule has 0 saturated carbocycles. The normalized spacial score (nSPS) is 15.1. The van der Waals surface area contributed by atoms with Crippen LogP contribution < -0.4 is 10.2 Å². The molecular weight excluding hydrogens is 611 g/mol. The number of hydrogen-bond acceptors (Lipinski definition) is 6. The molecule has 0 aromatic carbocycles. The molecule has 0 aromatic rings. The van der Waals surface area contributed by atoms with Gasteiger partial charge in [0.05, 0.1) is 39.9 Å². The summed E-state index contributed by atoms with van der Waals surface area (Å²) in [6, 6.07) is -0.902. The Hall–Kier alpha value is -1.28. The van der Waals surface area contributed by atoms with Crippen molar-refractivity contribution < 1.29 is 32.9 Å². The predicted molar refractivity (Wildman–Crippen MR) is 196 cm³/mol.